The summed E-state index contributed by atoms with van der Waals surface area (Å²) in [5.41, 5.74) is 0.148. The van der Waals surface area contributed by atoms with Gasteiger partial charge in [0.15, 0.2) is 0 Å². The molecular formula is C16H14N4O3. The van der Waals surface area contributed by atoms with Gasteiger partial charge in [-0.3, -0.25) is 4.79 Å². The summed E-state index contributed by atoms with van der Waals surface area (Å²) in [7, 11) is 0. The zero-order chi connectivity index (χ0) is 16.1. The molecule has 0 aromatic carbocycles. The minimum Gasteiger partial charge on any atom is -0.470 e. The lowest BCUT2D eigenvalue weighted by molar-refractivity contribution is -0.125. The van der Waals surface area contributed by atoms with Gasteiger partial charge in [0.2, 0.25) is 11.6 Å². The number of carbonyl (C=O) groups excluding carboxylic acids is 1. The predicted molar refractivity (Wildman–Crippen MR) is 80.1 cm³/mol. The molecule has 23 heavy (non-hydrogen) atoms. The van der Waals surface area contributed by atoms with Crippen molar-refractivity contribution in [3.63, 3.8) is 0 Å². The number of nitriles is 1. The first-order valence-corrected chi connectivity index (χ1v) is 7.14. The van der Waals surface area contributed by atoms with Crippen LogP contribution in [0.3, 0.4) is 0 Å². The van der Waals surface area contributed by atoms with E-state index in [-0.39, 0.29) is 23.6 Å². The SMILES string of the molecule is N#Cc1nccnc1O[C@H]1CCN(C(=O)/C=C/c2ccco2)C1. The number of hydrogen-bond acceptors (Lipinski definition) is 6. The molecule has 1 fully saturated rings. The summed E-state index contributed by atoms with van der Waals surface area (Å²) >= 11 is 0. The molecule has 1 saturated heterocycles. The third-order valence-corrected chi connectivity index (χ3v) is 3.44. The smallest absolute Gasteiger partial charge is 0.251 e. The standard InChI is InChI=1S/C16H14N4O3/c17-10-14-16(19-7-6-18-14)23-13-5-8-20(11-13)15(21)4-3-12-2-1-9-22-12/h1-4,6-7,9,13H,5,8,11H2/b4-3+/t13-/m0/s1. The number of carbonyl (C=O) groups is 1. The van der Waals surface area contributed by atoms with Gasteiger partial charge < -0.3 is 14.1 Å². The summed E-state index contributed by atoms with van der Waals surface area (Å²) in [5, 5.41) is 8.98. The third-order valence-electron chi connectivity index (χ3n) is 3.44. The van der Waals surface area contributed by atoms with E-state index in [0.717, 1.165) is 0 Å². The third kappa shape index (κ3) is 3.55. The second-order valence-electron chi connectivity index (χ2n) is 4.98. The van der Waals surface area contributed by atoms with Crippen LogP contribution in [0.2, 0.25) is 0 Å². The molecule has 3 heterocycles. The van der Waals surface area contributed by atoms with E-state index in [9.17, 15) is 4.79 Å². The molecule has 0 spiro atoms. The summed E-state index contributed by atoms with van der Waals surface area (Å²) in [6.07, 6.45) is 8.06. The Kier molecular flexibility index (Phi) is 4.34. The van der Waals surface area contributed by atoms with E-state index >= 15 is 0 Å². The molecule has 2 aromatic heterocycles. The number of aromatic nitrogens is 2. The van der Waals surface area contributed by atoms with E-state index in [1.54, 1.807) is 29.4 Å². The maximum atomic E-state index is 12.1. The highest BCUT2D eigenvalue weighted by molar-refractivity contribution is 5.91. The molecule has 0 unspecified atom stereocenters. The highest BCUT2D eigenvalue weighted by atomic mass is 16.5. The van der Waals surface area contributed by atoms with Gasteiger partial charge in [0.1, 0.15) is 17.9 Å². The zero-order valence-electron chi connectivity index (χ0n) is 12.3. The van der Waals surface area contributed by atoms with E-state index in [1.807, 2.05) is 6.07 Å². The number of ether oxygens (including phenoxy) is 1. The molecule has 1 aliphatic rings. The monoisotopic (exact) mass is 310 g/mol. The Labute approximate surface area is 132 Å². The molecule has 116 valence electrons. The van der Waals surface area contributed by atoms with Crippen LogP contribution < -0.4 is 4.74 Å². The molecule has 7 nitrogen and oxygen atoms in total. The Hall–Kier alpha value is -3.14. The summed E-state index contributed by atoms with van der Waals surface area (Å²) < 4.78 is 10.8. The van der Waals surface area contributed by atoms with Crippen LogP contribution in [-0.4, -0.2) is 40.0 Å². The number of likely N-dealkylation sites (tertiary alicyclic amines) is 1. The Bertz CT molecular complexity index is 749. The van der Waals surface area contributed by atoms with Gasteiger partial charge in [-0.05, 0) is 18.2 Å². The summed E-state index contributed by atoms with van der Waals surface area (Å²) in [4.78, 5) is 21.7. The molecule has 0 N–H and O–H groups in total. The number of nitrogens with zero attached hydrogens (tertiary/aromatic N) is 4. The lowest BCUT2D eigenvalue weighted by Crippen LogP contribution is -2.29. The maximum Gasteiger partial charge on any atom is 0.251 e. The molecule has 3 rings (SSSR count). The van der Waals surface area contributed by atoms with Gasteiger partial charge in [-0.15, -0.1) is 0 Å². The van der Waals surface area contributed by atoms with Crippen molar-refractivity contribution in [2.24, 2.45) is 0 Å². The maximum absolute atomic E-state index is 12.1. The highest BCUT2D eigenvalue weighted by Gasteiger charge is 2.27. The van der Waals surface area contributed by atoms with Crippen LogP contribution in [-0.2, 0) is 4.79 Å². The molecule has 0 bridgehead atoms. The summed E-state index contributed by atoms with van der Waals surface area (Å²) in [6.45, 7) is 1.04. The Morgan fingerprint density at radius 3 is 3.13 bits per heavy atom. The van der Waals surface area contributed by atoms with Crippen molar-refractivity contribution in [3.05, 3.63) is 48.3 Å². The highest BCUT2D eigenvalue weighted by Crippen LogP contribution is 2.18. The first-order valence-electron chi connectivity index (χ1n) is 7.14. The molecule has 0 saturated carbocycles. The van der Waals surface area contributed by atoms with Crippen LogP contribution in [0.25, 0.3) is 6.08 Å². The molecule has 1 amide bonds. The lowest BCUT2D eigenvalue weighted by Gasteiger charge is -2.15. The van der Waals surface area contributed by atoms with Crippen LogP contribution in [0.4, 0.5) is 0 Å². The summed E-state index contributed by atoms with van der Waals surface area (Å²) in [6, 6.07) is 5.48. The Morgan fingerprint density at radius 2 is 2.35 bits per heavy atom. The van der Waals surface area contributed by atoms with Crippen molar-refractivity contribution < 1.29 is 13.9 Å². The van der Waals surface area contributed by atoms with Crippen molar-refractivity contribution in [2.45, 2.75) is 12.5 Å². The number of amides is 1. The average Bonchev–Trinajstić information content (AvgIpc) is 3.25. The van der Waals surface area contributed by atoms with Gasteiger partial charge in [0, 0.05) is 31.4 Å². The fourth-order valence-corrected chi connectivity index (χ4v) is 2.32. The molecule has 1 aliphatic heterocycles. The largest absolute Gasteiger partial charge is 0.470 e. The first-order chi connectivity index (χ1) is 11.3. The minimum absolute atomic E-state index is 0.104. The summed E-state index contributed by atoms with van der Waals surface area (Å²) in [5.74, 6) is 0.733. The fourth-order valence-electron chi connectivity index (χ4n) is 2.32. The average molecular weight is 310 g/mol. The molecule has 0 radical (unpaired) electrons. The van der Waals surface area contributed by atoms with Crippen molar-refractivity contribution in [1.82, 2.24) is 14.9 Å². The zero-order valence-corrected chi connectivity index (χ0v) is 12.3. The van der Waals surface area contributed by atoms with E-state index in [0.29, 0.717) is 25.3 Å². The predicted octanol–water partition coefficient (Wildman–Crippen LogP) is 1.63. The minimum atomic E-state index is -0.195. The van der Waals surface area contributed by atoms with E-state index in [2.05, 4.69) is 9.97 Å². The van der Waals surface area contributed by atoms with Gasteiger partial charge in [0.05, 0.1) is 12.8 Å². The first kappa shape index (κ1) is 14.8. The van der Waals surface area contributed by atoms with E-state index < -0.39 is 0 Å². The second-order valence-corrected chi connectivity index (χ2v) is 4.98. The normalized spacial score (nSPS) is 17.3. The van der Waals surface area contributed by atoms with Crippen LogP contribution in [0.1, 0.15) is 17.9 Å². The van der Waals surface area contributed by atoms with Crippen molar-refractivity contribution in [2.75, 3.05) is 13.1 Å². The van der Waals surface area contributed by atoms with Gasteiger partial charge in [-0.1, -0.05) is 0 Å². The number of furan rings is 1. The Balaban J connectivity index is 1.58. The van der Waals surface area contributed by atoms with E-state index in [4.69, 9.17) is 14.4 Å². The lowest BCUT2D eigenvalue weighted by atomic mass is 10.3. The molecular weight excluding hydrogens is 296 g/mol. The number of rotatable bonds is 4. The van der Waals surface area contributed by atoms with Crippen LogP contribution >= 0.6 is 0 Å². The fraction of sp³-hybridized carbons (Fsp3) is 0.250. The molecule has 7 heteroatoms. The van der Waals surface area contributed by atoms with E-state index in [1.165, 1.54) is 18.5 Å². The van der Waals surface area contributed by atoms with Gasteiger partial charge >= 0.3 is 0 Å². The van der Waals surface area contributed by atoms with Crippen LogP contribution in [0.5, 0.6) is 5.88 Å². The van der Waals surface area contributed by atoms with Gasteiger partial charge in [-0.25, -0.2) is 9.97 Å². The van der Waals surface area contributed by atoms with Crippen molar-refractivity contribution in [3.8, 4) is 11.9 Å². The second kappa shape index (κ2) is 6.75. The van der Waals surface area contributed by atoms with Gasteiger partial charge in [0.25, 0.3) is 5.88 Å². The topological polar surface area (TPSA) is 92.2 Å². The van der Waals surface area contributed by atoms with Crippen molar-refractivity contribution in [1.29, 1.82) is 5.26 Å². The number of hydrogen-bond donors (Lipinski definition) is 0. The molecule has 1 atom stereocenters. The molecule has 0 aliphatic carbocycles. The van der Waals surface area contributed by atoms with Crippen LogP contribution in [0, 0.1) is 11.3 Å². The Morgan fingerprint density at radius 1 is 1.48 bits per heavy atom. The van der Waals surface area contributed by atoms with Gasteiger partial charge in [-0.2, -0.15) is 5.26 Å². The quantitative estimate of drug-likeness (QED) is 0.797. The van der Waals surface area contributed by atoms with Crippen LogP contribution in [0.15, 0.2) is 41.3 Å². The molecule has 2 aromatic rings. The van der Waals surface area contributed by atoms with Crippen molar-refractivity contribution >= 4 is 12.0 Å².